The van der Waals surface area contributed by atoms with Crippen LogP contribution in [0.3, 0.4) is 0 Å². The summed E-state index contributed by atoms with van der Waals surface area (Å²) >= 11 is 1.63. The van der Waals surface area contributed by atoms with E-state index < -0.39 is 0 Å². The van der Waals surface area contributed by atoms with E-state index >= 15 is 0 Å². The van der Waals surface area contributed by atoms with Crippen LogP contribution in [0.15, 0.2) is 41.8 Å². The Labute approximate surface area is 120 Å². The third-order valence-corrected chi connectivity index (χ3v) is 3.95. The van der Waals surface area contributed by atoms with E-state index in [2.05, 4.69) is 10.3 Å². The lowest BCUT2D eigenvalue weighted by atomic mass is 10.2. The highest BCUT2D eigenvalue weighted by Gasteiger charge is 2.09. The van der Waals surface area contributed by atoms with E-state index in [0.717, 1.165) is 21.5 Å². The van der Waals surface area contributed by atoms with Crippen molar-refractivity contribution in [3.63, 3.8) is 0 Å². The number of amides is 1. The number of rotatable bonds is 4. The van der Waals surface area contributed by atoms with Gasteiger partial charge in [0, 0.05) is 21.8 Å². The third kappa shape index (κ3) is 2.53. The van der Waals surface area contributed by atoms with Gasteiger partial charge in [0.15, 0.2) is 0 Å². The van der Waals surface area contributed by atoms with Crippen molar-refractivity contribution in [2.24, 2.45) is 0 Å². The standard InChI is InChI=1S/C15H14N2O2S/c1-19-11-5-4-10-7-14(17-13(10)8-11)15(18)16-9-12-3-2-6-20-12/h2-8,17H,9H2,1H3,(H,16,18). The molecule has 2 heterocycles. The molecular weight excluding hydrogens is 272 g/mol. The van der Waals surface area contributed by atoms with Crippen molar-refractivity contribution < 1.29 is 9.53 Å². The molecule has 0 saturated heterocycles. The maximum atomic E-state index is 12.1. The highest BCUT2D eigenvalue weighted by Crippen LogP contribution is 2.21. The van der Waals surface area contributed by atoms with Gasteiger partial charge in [0.05, 0.1) is 13.7 Å². The maximum absolute atomic E-state index is 12.1. The summed E-state index contributed by atoms with van der Waals surface area (Å²) in [5, 5.41) is 5.89. The Morgan fingerprint density at radius 2 is 2.25 bits per heavy atom. The molecule has 3 rings (SSSR count). The maximum Gasteiger partial charge on any atom is 0.268 e. The van der Waals surface area contributed by atoms with E-state index in [-0.39, 0.29) is 5.91 Å². The zero-order valence-electron chi connectivity index (χ0n) is 11.0. The number of fused-ring (bicyclic) bond motifs is 1. The van der Waals surface area contributed by atoms with Crippen LogP contribution in [-0.4, -0.2) is 18.0 Å². The molecule has 0 atom stereocenters. The number of H-pyrrole nitrogens is 1. The number of thiophene rings is 1. The zero-order chi connectivity index (χ0) is 13.9. The number of methoxy groups -OCH3 is 1. The van der Waals surface area contributed by atoms with Gasteiger partial charge >= 0.3 is 0 Å². The van der Waals surface area contributed by atoms with Crippen molar-refractivity contribution in [1.82, 2.24) is 10.3 Å². The second kappa shape index (κ2) is 5.38. The molecule has 0 saturated carbocycles. The topological polar surface area (TPSA) is 54.1 Å². The summed E-state index contributed by atoms with van der Waals surface area (Å²) in [5.74, 6) is 0.665. The number of benzene rings is 1. The molecule has 0 unspecified atom stereocenters. The van der Waals surface area contributed by atoms with Crippen molar-refractivity contribution in [3.8, 4) is 5.75 Å². The summed E-state index contributed by atoms with van der Waals surface area (Å²) in [5.41, 5.74) is 1.45. The molecule has 0 bridgehead atoms. The molecule has 102 valence electrons. The van der Waals surface area contributed by atoms with Crippen LogP contribution in [0.2, 0.25) is 0 Å². The van der Waals surface area contributed by atoms with E-state index in [1.54, 1.807) is 18.4 Å². The monoisotopic (exact) mass is 286 g/mol. The highest BCUT2D eigenvalue weighted by atomic mass is 32.1. The Morgan fingerprint density at radius 3 is 3.00 bits per heavy atom. The molecule has 0 aliphatic heterocycles. The molecule has 5 heteroatoms. The molecule has 20 heavy (non-hydrogen) atoms. The molecule has 1 amide bonds. The van der Waals surface area contributed by atoms with Crippen LogP contribution in [-0.2, 0) is 6.54 Å². The minimum Gasteiger partial charge on any atom is -0.497 e. The van der Waals surface area contributed by atoms with Crippen LogP contribution in [0.1, 0.15) is 15.4 Å². The Balaban J connectivity index is 1.77. The van der Waals surface area contributed by atoms with E-state index in [9.17, 15) is 4.79 Å². The predicted molar refractivity (Wildman–Crippen MR) is 80.3 cm³/mol. The molecule has 3 aromatic rings. The van der Waals surface area contributed by atoms with Crippen LogP contribution in [0.5, 0.6) is 5.75 Å². The molecular formula is C15H14N2O2S. The summed E-state index contributed by atoms with van der Waals surface area (Å²) < 4.78 is 5.17. The zero-order valence-corrected chi connectivity index (χ0v) is 11.8. The average molecular weight is 286 g/mol. The number of aromatic nitrogens is 1. The van der Waals surface area contributed by atoms with E-state index in [0.29, 0.717) is 12.2 Å². The van der Waals surface area contributed by atoms with Gasteiger partial charge in [-0.2, -0.15) is 0 Å². The Kier molecular flexibility index (Phi) is 3.43. The van der Waals surface area contributed by atoms with Crippen molar-refractivity contribution in [2.45, 2.75) is 6.54 Å². The number of ether oxygens (including phenoxy) is 1. The molecule has 0 aliphatic rings. The first-order valence-electron chi connectivity index (χ1n) is 6.23. The Morgan fingerprint density at radius 1 is 1.35 bits per heavy atom. The van der Waals surface area contributed by atoms with Crippen LogP contribution in [0.25, 0.3) is 10.9 Å². The average Bonchev–Trinajstić information content (AvgIpc) is 3.12. The van der Waals surface area contributed by atoms with Crippen molar-refractivity contribution in [1.29, 1.82) is 0 Å². The molecule has 0 aliphatic carbocycles. The first-order chi connectivity index (χ1) is 9.76. The normalized spacial score (nSPS) is 10.7. The summed E-state index contributed by atoms with van der Waals surface area (Å²) in [7, 11) is 1.62. The first kappa shape index (κ1) is 12.7. The lowest BCUT2D eigenvalue weighted by Crippen LogP contribution is -2.22. The number of aromatic amines is 1. The Hall–Kier alpha value is -2.27. The van der Waals surface area contributed by atoms with Gasteiger partial charge in [0.1, 0.15) is 11.4 Å². The number of hydrogen-bond acceptors (Lipinski definition) is 3. The van der Waals surface area contributed by atoms with Gasteiger partial charge in [0.2, 0.25) is 0 Å². The van der Waals surface area contributed by atoms with Crippen LogP contribution < -0.4 is 10.1 Å². The van der Waals surface area contributed by atoms with Gasteiger partial charge in [0.25, 0.3) is 5.91 Å². The van der Waals surface area contributed by atoms with Crippen molar-refractivity contribution in [3.05, 3.63) is 52.3 Å². The summed E-state index contributed by atoms with van der Waals surface area (Å²) in [6.07, 6.45) is 0. The SMILES string of the molecule is COc1ccc2cc(C(=O)NCc3cccs3)[nH]c2c1. The number of hydrogen-bond donors (Lipinski definition) is 2. The third-order valence-electron chi connectivity index (χ3n) is 3.08. The van der Waals surface area contributed by atoms with Crippen molar-refractivity contribution in [2.75, 3.05) is 7.11 Å². The first-order valence-corrected chi connectivity index (χ1v) is 7.11. The molecule has 2 aromatic heterocycles. The fourth-order valence-electron chi connectivity index (χ4n) is 2.03. The second-order valence-electron chi connectivity index (χ2n) is 4.40. The van der Waals surface area contributed by atoms with Crippen LogP contribution in [0.4, 0.5) is 0 Å². The smallest absolute Gasteiger partial charge is 0.268 e. The highest BCUT2D eigenvalue weighted by molar-refractivity contribution is 7.09. The summed E-state index contributed by atoms with van der Waals surface area (Å²) in [6, 6.07) is 11.5. The lowest BCUT2D eigenvalue weighted by Gasteiger charge is -2.01. The number of carbonyl (C=O) groups excluding carboxylic acids is 1. The molecule has 2 N–H and O–H groups in total. The minimum absolute atomic E-state index is 0.103. The molecule has 0 radical (unpaired) electrons. The molecule has 0 spiro atoms. The van der Waals surface area contributed by atoms with Gasteiger partial charge in [-0.25, -0.2) is 0 Å². The lowest BCUT2D eigenvalue weighted by molar-refractivity contribution is 0.0947. The Bertz CT molecular complexity index is 732. The van der Waals surface area contributed by atoms with Gasteiger partial charge < -0.3 is 15.0 Å². The van der Waals surface area contributed by atoms with Gasteiger partial charge in [-0.05, 0) is 29.6 Å². The minimum atomic E-state index is -0.103. The van der Waals surface area contributed by atoms with E-state index in [1.807, 2.05) is 41.8 Å². The van der Waals surface area contributed by atoms with Gasteiger partial charge in [-0.15, -0.1) is 11.3 Å². The summed E-state index contributed by atoms with van der Waals surface area (Å²) in [6.45, 7) is 0.551. The quantitative estimate of drug-likeness (QED) is 0.774. The van der Waals surface area contributed by atoms with Gasteiger partial charge in [-0.1, -0.05) is 6.07 Å². The van der Waals surface area contributed by atoms with E-state index in [4.69, 9.17) is 4.74 Å². The van der Waals surface area contributed by atoms with Crippen LogP contribution in [0, 0.1) is 0 Å². The number of carbonyl (C=O) groups is 1. The molecule has 0 fully saturated rings. The second-order valence-corrected chi connectivity index (χ2v) is 5.43. The summed E-state index contributed by atoms with van der Waals surface area (Å²) in [4.78, 5) is 16.3. The van der Waals surface area contributed by atoms with Gasteiger partial charge in [-0.3, -0.25) is 4.79 Å². The van der Waals surface area contributed by atoms with Crippen molar-refractivity contribution >= 4 is 28.1 Å². The predicted octanol–water partition coefficient (Wildman–Crippen LogP) is 3.17. The van der Waals surface area contributed by atoms with E-state index in [1.165, 1.54) is 0 Å². The fraction of sp³-hybridized carbons (Fsp3) is 0.133. The molecule has 4 nitrogen and oxygen atoms in total. The largest absolute Gasteiger partial charge is 0.497 e. The number of nitrogens with one attached hydrogen (secondary N) is 2. The fourth-order valence-corrected chi connectivity index (χ4v) is 2.68. The molecule has 1 aromatic carbocycles. The van der Waals surface area contributed by atoms with Crippen LogP contribution >= 0.6 is 11.3 Å².